The largest absolute Gasteiger partial charge is 0.390 e. The van der Waals surface area contributed by atoms with Gasteiger partial charge in [0.05, 0.1) is 24.5 Å². The highest BCUT2D eigenvalue weighted by Gasteiger charge is 2.53. The van der Waals surface area contributed by atoms with E-state index in [4.69, 9.17) is 4.74 Å². The van der Waals surface area contributed by atoms with Gasteiger partial charge in [0.25, 0.3) is 0 Å². The van der Waals surface area contributed by atoms with E-state index < -0.39 is 15.9 Å². The van der Waals surface area contributed by atoms with Crippen LogP contribution in [-0.2, 0) is 14.6 Å². The third-order valence-electron chi connectivity index (χ3n) is 5.80. The van der Waals surface area contributed by atoms with Crippen LogP contribution in [0.2, 0.25) is 0 Å². The first-order valence-corrected chi connectivity index (χ1v) is 13.0. The summed E-state index contributed by atoms with van der Waals surface area (Å²) in [4.78, 5) is 4.45. The standard InChI is InChI=1S/C20H35N3O4S2/c1-5-20(6-2)16(12-17(20)27-8-4)23-19(21-7-3)22-13-15(24)14-29(25,26)18-10-9-11-28-18/h9-11,15-17,24H,5-8,12-14H2,1-4H3,(H2,21,22,23). The van der Waals surface area contributed by atoms with Crippen molar-refractivity contribution in [3.8, 4) is 0 Å². The van der Waals surface area contributed by atoms with E-state index in [2.05, 4.69) is 29.5 Å². The van der Waals surface area contributed by atoms with Crippen molar-refractivity contribution in [1.29, 1.82) is 0 Å². The molecule has 7 nitrogen and oxygen atoms in total. The Bertz CT molecular complexity index is 746. The molecule has 0 bridgehead atoms. The molecule has 1 heterocycles. The van der Waals surface area contributed by atoms with Gasteiger partial charge in [0.15, 0.2) is 15.8 Å². The van der Waals surface area contributed by atoms with Crippen LogP contribution in [0.25, 0.3) is 0 Å². The molecule has 9 heteroatoms. The molecule has 0 spiro atoms. The molecule has 0 aliphatic heterocycles. The number of hydrogen-bond donors (Lipinski definition) is 3. The van der Waals surface area contributed by atoms with Crippen molar-refractivity contribution in [3.63, 3.8) is 0 Å². The Hall–Kier alpha value is -1.16. The molecule has 29 heavy (non-hydrogen) atoms. The van der Waals surface area contributed by atoms with E-state index in [-0.39, 0.29) is 34.1 Å². The Kier molecular flexibility index (Phi) is 8.93. The summed E-state index contributed by atoms with van der Waals surface area (Å²) in [6.45, 7) is 9.78. The Morgan fingerprint density at radius 1 is 1.38 bits per heavy atom. The highest BCUT2D eigenvalue weighted by Crippen LogP contribution is 2.48. The highest BCUT2D eigenvalue weighted by atomic mass is 32.2. The van der Waals surface area contributed by atoms with Crippen LogP contribution in [0.3, 0.4) is 0 Å². The Morgan fingerprint density at radius 3 is 2.66 bits per heavy atom. The van der Waals surface area contributed by atoms with Gasteiger partial charge >= 0.3 is 0 Å². The van der Waals surface area contributed by atoms with Crippen LogP contribution in [0.4, 0.5) is 0 Å². The molecule has 1 aromatic rings. The molecule has 0 amide bonds. The maximum Gasteiger partial charge on any atom is 0.191 e. The van der Waals surface area contributed by atoms with Crippen LogP contribution in [-0.4, -0.2) is 63.2 Å². The SMILES string of the molecule is CCNC(=NCC(O)CS(=O)(=O)c1cccs1)NC1CC(OCC)C1(CC)CC. The minimum atomic E-state index is -3.49. The van der Waals surface area contributed by atoms with Gasteiger partial charge in [0, 0.05) is 24.6 Å². The quantitative estimate of drug-likeness (QED) is 0.357. The third kappa shape index (κ3) is 5.71. The third-order valence-corrected chi connectivity index (χ3v) is 9.08. The summed E-state index contributed by atoms with van der Waals surface area (Å²) >= 11 is 1.16. The lowest BCUT2D eigenvalue weighted by molar-refractivity contribution is -0.133. The minimum Gasteiger partial charge on any atom is -0.390 e. The second kappa shape index (κ2) is 10.7. The van der Waals surface area contributed by atoms with Crippen molar-refractivity contribution in [2.45, 2.75) is 69.4 Å². The predicted octanol–water partition coefficient (Wildman–Crippen LogP) is 2.42. The zero-order valence-electron chi connectivity index (χ0n) is 17.8. The van der Waals surface area contributed by atoms with Gasteiger partial charge in [-0.1, -0.05) is 19.9 Å². The number of nitrogens with zero attached hydrogens (tertiary/aromatic N) is 1. The van der Waals surface area contributed by atoms with Crippen LogP contribution in [0.1, 0.15) is 47.0 Å². The number of aliphatic imine (C=N–C) groups is 1. The number of hydrogen-bond acceptors (Lipinski definition) is 6. The zero-order valence-corrected chi connectivity index (χ0v) is 19.5. The van der Waals surface area contributed by atoms with E-state index in [9.17, 15) is 13.5 Å². The van der Waals surface area contributed by atoms with Gasteiger partial charge < -0.3 is 20.5 Å². The Morgan fingerprint density at radius 2 is 2.10 bits per heavy atom. The number of aliphatic hydroxyl groups is 1. The lowest BCUT2D eigenvalue weighted by Gasteiger charge is -2.55. The molecule has 1 aliphatic carbocycles. The first kappa shape index (κ1) is 24.1. The summed E-state index contributed by atoms with van der Waals surface area (Å²) in [5.41, 5.74) is 0.0628. The zero-order chi connectivity index (χ0) is 21.5. The molecular weight excluding hydrogens is 410 g/mol. The Labute approximate surface area is 178 Å². The predicted molar refractivity (Wildman–Crippen MR) is 118 cm³/mol. The summed E-state index contributed by atoms with van der Waals surface area (Å²) in [5.74, 6) is 0.270. The minimum absolute atomic E-state index is 0.0206. The molecule has 3 atom stereocenters. The lowest BCUT2D eigenvalue weighted by atomic mass is 9.58. The van der Waals surface area contributed by atoms with E-state index in [1.54, 1.807) is 17.5 Å². The van der Waals surface area contributed by atoms with Crippen molar-refractivity contribution >= 4 is 27.1 Å². The van der Waals surface area contributed by atoms with E-state index >= 15 is 0 Å². The van der Waals surface area contributed by atoms with Gasteiger partial charge in [-0.05, 0) is 44.6 Å². The molecule has 3 N–H and O–H groups in total. The molecule has 0 radical (unpaired) electrons. The summed E-state index contributed by atoms with van der Waals surface area (Å²) in [6.07, 6.45) is 2.11. The molecule has 0 saturated heterocycles. The van der Waals surface area contributed by atoms with Gasteiger partial charge in [-0.15, -0.1) is 11.3 Å². The molecule has 1 aromatic heterocycles. The normalized spacial score (nSPS) is 22.7. The molecule has 2 rings (SSSR count). The number of guanidine groups is 1. The lowest BCUT2D eigenvalue weighted by Crippen LogP contribution is -2.65. The average Bonchev–Trinajstić information content (AvgIpc) is 3.22. The number of sulfone groups is 1. The van der Waals surface area contributed by atoms with Crippen molar-refractivity contribution in [2.24, 2.45) is 10.4 Å². The molecule has 0 aromatic carbocycles. The first-order chi connectivity index (χ1) is 13.8. The topological polar surface area (TPSA) is 100 Å². The maximum atomic E-state index is 12.3. The molecule has 3 unspecified atom stereocenters. The average molecular weight is 446 g/mol. The van der Waals surface area contributed by atoms with Crippen molar-refractivity contribution in [1.82, 2.24) is 10.6 Å². The smallest absolute Gasteiger partial charge is 0.191 e. The fourth-order valence-corrected chi connectivity index (χ4v) is 6.56. The fourth-order valence-electron chi connectivity index (χ4n) is 4.09. The van der Waals surface area contributed by atoms with E-state index in [1.807, 2.05) is 13.8 Å². The van der Waals surface area contributed by atoms with Gasteiger partial charge in [0.1, 0.15) is 4.21 Å². The van der Waals surface area contributed by atoms with E-state index in [1.165, 1.54) is 0 Å². The highest BCUT2D eigenvalue weighted by molar-refractivity contribution is 7.93. The van der Waals surface area contributed by atoms with Crippen LogP contribution < -0.4 is 10.6 Å². The molecule has 1 fully saturated rings. The van der Waals surface area contributed by atoms with Gasteiger partial charge in [-0.25, -0.2) is 8.42 Å². The summed E-state index contributed by atoms with van der Waals surface area (Å²) < 4.78 is 30.9. The van der Waals surface area contributed by atoms with Crippen LogP contribution in [0, 0.1) is 5.41 Å². The Balaban J connectivity index is 2.01. The monoisotopic (exact) mass is 445 g/mol. The second-order valence-electron chi connectivity index (χ2n) is 7.40. The molecule has 1 saturated carbocycles. The number of rotatable bonds is 11. The van der Waals surface area contributed by atoms with Crippen LogP contribution in [0.15, 0.2) is 26.7 Å². The van der Waals surface area contributed by atoms with Crippen molar-refractivity contribution < 1.29 is 18.3 Å². The summed E-state index contributed by atoms with van der Waals surface area (Å²) in [7, 11) is -3.49. The van der Waals surface area contributed by atoms with Gasteiger partial charge in [-0.3, -0.25) is 4.99 Å². The van der Waals surface area contributed by atoms with Gasteiger partial charge in [0.2, 0.25) is 0 Å². The van der Waals surface area contributed by atoms with E-state index in [0.29, 0.717) is 19.1 Å². The number of thiophene rings is 1. The summed E-state index contributed by atoms with van der Waals surface area (Å²) in [6, 6.07) is 3.48. The van der Waals surface area contributed by atoms with Crippen molar-refractivity contribution in [2.75, 3.05) is 25.4 Å². The number of ether oxygens (including phenoxy) is 1. The molecule has 166 valence electrons. The second-order valence-corrected chi connectivity index (χ2v) is 10.6. The summed E-state index contributed by atoms with van der Waals surface area (Å²) in [5, 5.41) is 18.7. The fraction of sp³-hybridized carbons (Fsp3) is 0.750. The number of nitrogens with one attached hydrogen (secondary N) is 2. The van der Waals surface area contributed by atoms with E-state index in [0.717, 1.165) is 30.6 Å². The van der Waals surface area contributed by atoms with Crippen molar-refractivity contribution in [3.05, 3.63) is 17.5 Å². The number of aliphatic hydroxyl groups excluding tert-OH is 1. The van der Waals surface area contributed by atoms with Crippen LogP contribution in [0.5, 0.6) is 0 Å². The molecule has 1 aliphatic rings. The van der Waals surface area contributed by atoms with Gasteiger partial charge in [-0.2, -0.15) is 0 Å². The first-order valence-electron chi connectivity index (χ1n) is 10.4. The van der Waals surface area contributed by atoms with Crippen LogP contribution >= 0.6 is 11.3 Å². The molecular formula is C20H35N3O4S2. The maximum absolute atomic E-state index is 12.3.